The molecule has 2 N–H and O–H groups in total. The van der Waals surface area contributed by atoms with Gasteiger partial charge in [0.05, 0.1) is 17.3 Å². The number of hydrogen-bond donors (Lipinski definition) is 2. The lowest BCUT2D eigenvalue weighted by Crippen LogP contribution is -2.65. The number of nitrogens with one attached hydrogen (secondary N) is 2. The van der Waals surface area contributed by atoms with Crippen LogP contribution < -0.4 is 15.5 Å². The van der Waals surface area contributed by atoms with Crippen molar-refractivity contribution in [2.24, 2.45) is 0 Å². The number of carbonyl (C=O) groups is 3. The number of amides is 4. The maximum atomic E-state index is 13.1. The maximum Gasteiger partial charge on any atom is 0.329 e. The Kier molecular flexibility index (Phi) is 4.80. The fourth-order valence-electron chi connectivity index (χ4n) is 3.71. The Morgan fingerprint density at radius 2 is 1.76 bits per heavy atom. The van der Waals surface area contributed by atoms with Crippen LogP contribution in [0.1, 0.15) is 11.1 Å². The summed E-state index contributed by atoms with van der Waals surface area (Å²) in [7, 11) is 1.73. The number of fused-ring (bicyclic) bond motifs is 1. The quantitative estimate of drug-likeness (QED) is 0.836. The SMILES string of the molecule is Cc1ccc(N2C(=O)NC3C(C(=O)NCc4ccccc4)=CN(C)C3C2=O)cc1. The highest BCUT2D eigenvalue weighted by molar-refractivity contribution is 6.19. The number of hydrogen-bond acceptors (Lipinski definition) is 4. The third-order valence-electron chi connectivity index (χ3n) is 5.24. The van der Waals surface area contributed by atoms with Gasteiger partial charge in [0.2, 0.25) is 0 Å². The third kappa shape index (κ3) is 3.47. The van der Waals surface area contributed by atoms with Gasteiger partial charge in [0.1, 0.15) is 6.04 Å². The second-order valence-corrected chi connectivity index (χ2v) is 7.30. The van der Waals surface area contributed by atoms with Gasteiger partial charge in [-0.15, -0.1) is 0 Å². The number of likely N-dealkylation sites (N-methyl/N-ethyl adjacent to an activating group) is 1. The molecule has 2 heterocycles. The van der Waals surface area contributed by atoms with Crippen molar-refractivity contribution in [3.05, 3.63) is 77.5 Å². The van der Waals surface area contributed by atoms with Gasteiger partial charge >= 0.3 is 6.03 Å². The lowest BCUT2D eigenvalue weighted by Gasteiger charge is -2.37. The molecular formula is C22H22N4O3. The largest absolute Gasteiger partial charge is 0.366 e. The Balaban J connectivity index is 1.51. The van der Waals surface area contributed by atoms with Gasteiger partial charge in [0.25, 0.3) is 11.8 Å². The van der Waals surface area contributed by atoms with Crippen LogP contribution in [0, 0.1) is 6.92 Å². The summed E-state index contributed by atoms with van der Waals surface area (Å²) in [5.41, 5.74) is 2.89. The summed E-state index contributed by atoms with van der Waals surface area (Å²) < 4.78 is 0. The molecule has 148 valence electrons. The Morgan fingerprint density at radius 3 is 2.45 bits per heavy atom. The zero-order valence-corrected chi connectivity index (χ0v) is 16.3. The Bertz CT molecular complexity index is 985. The molecule has 7 nitrogen and oxygen atoms in total. The molecule has 0 aromatic heterocycles. The van der Waals surface area contributed by atoms with Crippen LogP contribution in [0.4, 0.5) is 10.5 Å². The highest BCUT2D eigenvalue weighted by atomic mass is 16.2. The normalized spacial score (nSPS) is 20.8. The first-order chi connectivity index (χ1) is 14.0. The van der Waals surface area contributed by atoms with E-state index in [-0.39, 0.29) is 11.8 Å². The molecule has 1 saturated heterocycles. The van der Waals surface area contributed by atoms with E-state index in [1.165, 1.54) is 0 Å². The summed E-state index contributed by atoms with van der Waals surface area (Å²) in [4.78, 5) is 41.4. The molecule has 2 aromatic carbocycles. The highest BCUT2D eigenvalue weighted by Gasteiger charge is 2.49. The first-order valence-electron chi connectivity index (χ1n) is 9.42. The van der Waals surface area contributed by atoms with Gasteiger partial charge in [-0.1, -0.05) is 48.0 Å². The lowest BCUT2D eigenvalue weighted by atomic mass is 9.99. The number of carbonyl (C=O) groups excluding carboxylic acids is 3. The molecule has 2 unspecified atom stereocenters. The zero-order valence-electron chi connectivity index (χ0n) is 16.3. The summed E-state index contributed by atoms with van der Waals surface area (Å²) in [6.07, 6.45) is 1.63. The third-order valence-corrected chi connectivity index (χ3v) is 5.24. The second-order valence-electron chi connectivity index (χ2n) is 7.30. The maximum absolute atomic E-state index is 13.1. The molecule has 29 heavy (non-hydrogen) atoms. The molecule has 0 saturated carbocycles. The van der Waals surface area contributed by atoms with Crippen LogP contribution >= 0.6 is 0 Å². The summed E-state index contributed by atoms with van der Waals surface area (Å²) >= 11 is 0. The molecule has 0 radical (unpaired) electrons. The number of nitrogens with zero attached hydrogens (tertiary/aromatic N) is 2. The van der Waals surface area contributed by atoms with E-state index in [4.69, 9.17) is 0 Å². The van der Waals surface area contributed by atoms with Crippen molar-refractivity contribution >= 4 is 23.5 Å². The number of urea groups is 1. The van der Waals surface area contributed by atoms with Crippen LogP contribution in [0.5, 0.6) is 0 Å². The van der Waals surface area contributed by atoms with E-state index < -0.39 is 18.1 Å². The van der Waals surface area contributed by atoms with E-state index in [9.17, 15) is 14.4 Å². The first kappa shape index (κ1) is 18.7. The van der Waals surface area contributed by atoms with E-state index in [0.29, 0.717) is 17.8 Å². The summed E-state index contributed by atoms with van der Waals surface area (Å²) in [6, 6.07) is 14.9. The van der Waals surface area contributed by atoms with Crippen molar-refractivity contribution in [2.75, 3.05) is 11.9 Å². The fourth-order valence-corrected chi connectivity index (χ4v) is 3.71. The average molecular weight is 390 g/mol. The summed E-state index contributed by atoms with van der Waals surface area (Å²) in [5.74, 6) is -0.655. The van der Waals surface area contributed by atoms with E-state index >= 15 is 0 Å². The van der Waals surface area contributed by atoms with Crippen molar-refractivity contribution in [1.29, 1.82) is 0 Å². The van der Waals surface area contributed by atoms with Crippen LogP contribution in [-0.4, -0.2) is 41.9 Å². The van der Waals surface area contributed by atoms with Crippen molar-refractivity contribution in [2.45, 2.75) is 25.6 Å². The van der Waals surface area contributed by atoms with Crippen LogP contribution in [0.25, 0.3) is 0 Å². The van der Waals surface area contributed by atoms with Crippen LogP contribution in [0.3, 0.4) is 0 Å². The van der Waals surface area contributed by atoms with Gasteiger partial charge in [-0.05, 0) is 24.6 Å². The molecule has 4 amide bonds. The molecule has 1 fully saturated rings. The molecule has 0 aliphatic carbocycles. The minimum atomic E-state index is -0.683. The van der Waals surface area contributed by atoms with Crippen molar-refractivity contribution < 1.29 is 14.4 Å². The Hall–Kier alpha value is -3.61. The lowest BCUT2D eigenvalue weighted by molar-refractivity contribution is -0.122. The number of imide groups is 1. The minimum Gasteiger partial charge on any atom is -0.366 e. The highest BCUT2D eigenvalue weighted by Crippen LogP contribution is 2.29. The molecule has 0 spiro atoms. The van der Waals surface area contributed by atoms with E-state index in [2.05, 4.69) is 10.6 Å². The number of anilines is 1. The van der Waals surface area contributed by atoms with Crippen molar-refractivity contribution in [3.63, 3.8) is 0 Å². The molecule has 7 heteroatoms. The monoisotopic (exact) mass is 390 g/mol. The van der Waals surface area contributed by atoms with Crippen LogP contribution in [0.15, 0.2) is 66.4 Å². The number of aryl methyl sites for hydroxylation is 1. The van der Waals surface area contributed by atoms with Crippen LogP contribution in [-0.2, 0) is 16.1 Å². The predicted octanol–water partition coefficient (Wildman–Crippen LogP) is 1.93. The Labute approximate surface area is 169 Å². The zero-order chi connectivity index (χ0) is 20.5. The minimum absolute atomic E-state index is 0.301. The van der Waals surface area contributed by atoms with E-state index in [0.717, 1.165) is 16.0 Å². The van der Waals surface area contributed by atoms with Gasteiger partial charge in [-0.25, -0.2) is 9.69 Å². The molecule has 0 bridgehead atoms. The van der Waals surface area contributed by atoms with Crippen LogP contribution in [0.2, 0.25) is 0 Å². The Morgan fingerprint density at radius 1 is 1.07 bits per heavy atom. The van der Waals surface area contributed by atoms with Gasteiger partial charge in [-0.3, -0.25) is 9.59 Å². The van der Waals surface area contributed by atoms with E-state index in [1.807, 2.05) is 49.4 Å². The molecule has 2 aromatic rings. The molecule has 2 aliphatic rings. The molecular weight excluding hydrogens is 368 g/mol. The molecule has 4 rings (SSSR count). The van der Waals surface area contributed by atoms with Gasteiger partial charge in [0, 0.05) is 19.8 Å². The summed E-state index contributed by atoms with van der Waals surface area (Å²) in [6.45, 7) is 2.31. The van der Waals surface area contributed by atoms with E-state index in [1.54, 1.807) is 30.3 Å². The van der Waals surface area contributed by atoms with Gasteiger partial charge in [-0.2, -0.15) is 0 Å². The standard InChI is InChI=1S/C22H22N4O3/c1-14-8-10-16(11-9-14)26-21(28)19-18(24-22(26)29)17(13-25(19)2)20(27)23-12-15-6-4-3-5-7-15/h3-11,13,18-19H,12H2,1-2H3,(H,23,27)(H,24,29). The first-order valence-corrected chi connectivity index (χ1v) is 9.42. The summed E-state index contributed by atoms with van der Waals surface area (Å²) in [5, 5.41) is 5.69. The average Bonchev–Trinajstić information content (AvgIpc) is 3.04. The van der Waals surface area contributed by atoms with Crippen molar-refractivity contribution in [1.82, 2.24) is 15.5 Å². The van der Waals surface area contributed by atoms with Gasteiger partial charge < -0.3 is 15.5 Å². The van der Waals surface area contributed by atoms with Gasteiger partial charge in [0.15, 0.2) is 0 Å². The molecule has 2 aliphatic heterocycles. The fraction of sp³-hybridized carbons (Fsp3) is 0.227. The predicted molar refractivity (Wildman–Crippen MR) is 109 cm³/mol. The second kappa shape index (κ2) is 7.43. The molecule has 2 atom stereocenters. The smallest absolute Gasteiger partial charge is 0.329 e. The number of rotatable bonds is 4. The number of benzene rings is 2. The topological polar surface area (TPSA) is 81.8 Å². The van der Waals surface area contributed by atoms with Crippen molar-refractivity contribution in [3.8, 4) is 0 Å².